The predicted molar refractivity (Wildman–Crippen MR) is 98.0 cm³/mol. The van der Waals surface area contributed by atoms with Crippen LogP contribution < -0.4 is 10.5 Å². The molecule has 0 radical (unpaired) electrons. The largest absolute Gasteiger partial charge is 0.374 e. The molecule has 0 bridgehead atoms. The van der Waals surface area contributed by atoms with Crippen LogP contribution in [0.15, 0.2) is 64.1 Å². The smallest absolute Gasteiger partial charge is 0.365 e. The third-order valence-corrected chi connectivity index (χ3v) is 4.13. The van der Waals surface area contributed by atoms with E-state index < -0.39 is 17.4 Å². The zero-order valence-electron chi connectivity index (χ0n) is 14.8. The molecule has 0 fully saturated rings. The highest BCUT2D eigenvalue weighted by molar-refractivity contribution is 5.93. The maximum atomic E-state index is 13.2. The second kappa shape index (κ2) is 7.00. The average molecular weight is 354 g/mol. The SMILES string of the molecule is Cc1ccccc1-c1con(C(=O)N(c2ccc(F)cc2)C(C)C)c1=O. The summed E-state index contributed by atoms with van der Waals surface area (Å²) in [5.74, 6) is -0.401. The van der Waals surface area contributed by atoms with E-state index in [1.165, 1.54) is 35.4 Å². The minimum atomic E-state index is -0.628. The van der Waals surface area contributed by atoms with E-state index in [1.807, 2.05) is 25.1 Å². The van der Waals surface area contributed by atoms with Crippen LogP contribution in [0.1, 0.15) is 19.4 Å². The molecule has 134 valence electrons. The number of aryl methyl sites for hydroxylation is 1. The maximum Gasteiger partial charge on any atom is 0.365 e. The van der Waals surface area contributed by atoms with Crippen molar-refractivity contribution in [1.82, 2.24) is 4.74 Å². The van der Waals surface area contributed by atoms with Crippen molar-refractivity contribution in [1.29, 1.82) is 0 Å². The van der Waals surface area contributed by atoms with Crippen LogP contribution in [-0.2, 0) is 0 Å². The Kier molecular flexibility index (Phi) is 4.75. The molecular formula is C20H19FN2O3. The second-order valence-corrected chi connectivity index (χ2v) is 6.27. The standard InChI is InChI=1S/C20H19FN2O3/c1-13(2)22(16-10-8-15(21)9-11-16)20(25)23-19(24)18(12-26-23)17-7-5-4-6-14(17)3/h4-13H,1-3H3. The third-order valence-electron chi connectivity index (χ3n) is 4.13. The van der Waals surface area contributed by atoms with E-state index in [4.69, 9.17) is 4.52 Å². The van der Waals surface area contributed by atoms with Crippen LogP contribution in [0, 0.1) is 12.7 Å². The zero-order chi connectivity index (χ0) is 18.8. The van der Waals surface area contributed by atoms with Crippen LogP contribution in [0.25, 0.3) is 11.1 Å². The number of anilines is 1. The van der Waals surface area contributed by atoms with Gasteiger partial charge in [0.2, 0.25) is 0 Å². The summed E-state index contributed by atoms with van der Waals surface area (Å²) in [7, 11) is 0. The molecule has 1 heterocycles. The highest BCUT2D eigenvalue weighted by Gasteiger charge is 2.25. The first-order chi connectivity index (χ1) is 12.4. The molecule has 6 heteroatoms. The van der Waals surface area contributed by atoms with Crippen LogP contribution in [0.4, 0.5) is 14.9 Å². The van der Waals surface area contributed by atoms with Crippen LogP contribution >= 0.6 is 0 Å². The van der Waals surface area contributed by atoms with Gasteiger partial charge in [0.25, 0.3) is 5.56 Å². The van der Waals surface area contributed by atoms with Crippen molar-refractivity contribution < 1.29 is 13.7 Å². The molecule has 0 aliphatic rings. The van der Waals surface area contributed by atoms with Gasteiger partial charge in [0, 0.05) is 11.7 Å². The average Bonchev–Trinajstić information content (AvgIpc) is 2.98. The molecule has 1 amide bonds. The number of aromatic nitrogens is 1. The van der Waals surface area contributed by atoms with E-state index in [2.05, 4.69) is 0 Å². The Bertz CT molecular complexity index is 987. The van der Waals surface area contributed by atoms with Crippen molar-refractivity contribution in [2.24, 2.45) is 0 Å². The van der Waals surface area contributed by atoms with Gasteiger partial charge in [-0.1, -0.05) is 29.0 Å². The second-order valence-electron chi connectivity index (χ2n) is 6.27. The lowest BCUT2D eigenvalue weighted by Crippen LogP contribution is -2.43. The molecule has 3 aromatic rings. The molecule has 1 aromatic heterocycles. The lowest BCUT2D eigenvalue weighted by Gasteiger charge is -2.25. The molecule has 0 unspecified atom stereocenters. The lowest BCUT2D eigenvalue weighted by molar-refractivity contribution is 0.213. The van der Waals surface area contributed by atoms with Gasteiger partial charge >= 0.3 is 6.03 Å². The highest BCUT2D eigenvalue weighted by atomic mass is 19.1. The first-order valence-electron chi connectivity index (χ1n) is 8.26. The molecule has 5 nitrogen and oxygen atoms in total. The van der Waals surface area contributed by atoms with Gasteiger partial charge in [-0.15, -0.1) is 0 Å². The topological polar surface area (TPSA) is 55.5 Å². The Morgan fingerprint density at radius 2 is 1.73 bits per heavy atom. The normalized spacial score (nSPS) is 11.0. The number of hydrogen-bond donors (Lipinski definition) is 0. The fourth-order valence-electron chi connectivity index (χ4n) is 2.83. The first-order valence-corrected chi connectivity index (χ1v) is 8.26. The highest BCUT2D eigenvalue weighted by Crippen LogP contribution is 2.22. The Morgan fingerprint density at radius 3 is 2.35 bits per heavy atom. The molecule has 0 atom stereocenters. The van der Waals surface area contributed by atoms with Crippen LogP contribution in [0.2, 0.25) is 0 Å². The predicted octanol–water partition coefficient (Wildman–Crippen LogP) is 4.44. The van der Waals surface area contributed by atoms with E-state index in [0.29, 0.717) is 16.8 Å². The fraction of sp³-hybridized carbons (Fsp3) is 0.200. The van der Waals surface area contributed by atoms with Gasteiger partial charge in [0.15, 0.2) is 0 Å². The quantitative estimate of drug-likeness (QED) is 0.699. The van der Waals surface area contributed by atoms with Crippen molar-refractivity contribution in [2.45, 2.75) is 26.8 Å². The lowest BCUT2D eigenvalue weighted by atomic mass is 10.0. The van der Waals surface area contributed by atoms with Crippen molar-refractivity contribution in [3.63, 3.8) is 0 Å². The van der Waals surface area contributed by atoms with Gasteiger partial charge in [-0.2, -0.15) is 0 Å². The van der Waals surface area contributed by atoms with Gasteiger partial charge in [-0.05, 0) is 56.2 Å². The molecule has 0 saturated carbocycles. The van der Waals surface area contributed by atoms with Crippen molar-refractivity contribution in [2.75, 3.05) is 4.90 Å². The Morgan fingerprint density at radius 1 is 1.08 bits per heavy atom. The first kappa shape index (κ1) is 17.7. The van der Waals surface area contributed by atoms with Crippen molar-refractivity contribution in [3.05, 3.63) is 76.5 Å². The minimum absolute atomic E-state index is 0.258. The molecule has 3 rings (SSSR count). The number of halogens is 1. The summed E-state index contributed by atoms with van der Waals surface area (Å²) in [6.45, 7) is 5.49. The van der Waals surface area contributed by atoms with E-state index in [1.54, 1.807) is 19.9 Å². The van der Waals surface area contributed by atoms with Crippen LogP contribution in [-0.4, -0.2) is 16.8 Å². The summed E-state index contributed by atoms with van der Waals surface area (Å²) in [6.07, 6.45) is 1.28. The maximum absolute atomic E-state index is 13.2. The molecule has 0 aliphatic carbocycles. The number of rotatable bonds is 3. The summed E-state index contributed by atoms with van der Waals surface area (Å²) >= 11 is 0. The van der Waals surface area contributed by atoms with E-state index in [-0.39, 0.29) is 6.04 Å². The Labute approximate surface area is 150 Å². The summed E-state index contributed by atoms with van der Waals surface area (Å²) in [4.78, 5) is 27.0. The van der Waals surface area contributed by atoms with E-state index >= 15 is 0 Å². The van der Waals surface area contributed by atoms with Gasteiger partial charge in [-0.25, -0.2) is 9.18 Å². The Hall–Kier alpha value is -3.15. The number of nitrogens with zero attached hydrogens (tertiary/aromatic N) is 2. The molecule has 0 saturated heterocycles. The summed E-state index contributed by atoms with van der Waals surface area (Å²) in [5, 5.41) is 0. The van der Waals surface area contributed by atoms with E-state index in [9.17, 15) is 14.0 Å². The molecule has 0 spiro atoms. The number of hydrogen-bond acceptors (Lipinski definition) is 3. The number of carbonyl (C=O) groups is 1. The van der Waals surface area contributed by atoms with Crippen molar-refractivity contribution in [3.8, 4) is 11.1 Å². The van der Waals surface area contributed by atoms with Gasteiger partial charge in [0.1, 0.15) is 12.1 Å². The monoisotopic (exact) mass is 354 g/mol. The molecular weight excluding hydrogens is 335 g/mol. The number of carbonyl (C=O) groups excluding carboxylic acids is 1. The third kappa shape index (κ3) is 3.18. The van der Waals surface area contributed by atoms with Crippen molar-refractivity contribution >= 4 is 11.7 Å². The zero-order valence-corrected chi connectivity index (χ0v) is 14.8. The minimum Gasteiger partial charge on any atom is -0.374 e. The molecule has 0 aliphatic heterocycles. The molecule has 0 N–H and O–H groups in total. The van der Waals surface area contributed by atoms with Gasteiger partial charge in [-0.3, -0.25) is 9.69 Å². The summed E-state index contributed by atoms with van der Waals surface area (Å²) in [6, 6.07) is 12.0. The summed E-state index contributed by atoms with van der Waals surface area (Å²) < 4.78 is 19.2. The van der Waals surface area contributed by atoms with Crippen LogP contribution in [0.5, 0.6) is 0 Å². The van der Waals surface area contributed by atoms with Gasteiger partial charge < -0.3 is 4.52 Å². The number of amides is 1. The molecule has 2 aromatic carbocycles. The Balaban J connectivity index is 2.03. The fourth-order valence-corrected chi connectivity index (χ4v) is 2.83. The summed E-state index contributed by atoms with van der Waals surface area (Å²) in [5.41, 5.74) is 1.89. The van der Waals surface area contributed by atoms with E-state index in [0.717, 1.165) is 10.3 Å². The van der Waals surface area contributed by atoms with Gasteiger partial charge in [0.05, 0.1) is 5.56 Å². The number of benzene rings is 2. The molecule has 26 heavy (non-hydrogen) atoms. The van der Waals surface area contributed by atoms with Crippen LogP contribution in [0.3, 0.4) is 0 Å².